The summed E-state index contributed by atoms with van der Waals surface area (Å²) in [7, 11) is -4.29. The molecule has 10 heteroatoms. The van der Waals surface area contributed by atoms with Crippen molar-refractivity contribution in [3.8, 4) is 0 Å². The highest BCUT2D eigenvalue weighted by molar-refractivity contribution is 7.92. The average molecular weight is 379 g/mol. The van der Waals surface area contributed by atoms with Gasteiger partial charge in [0, 0.05) is 24.3 Å². The van der Waals surface area contributed by atoms with E-state index in [2.05, 4.69) is 4.72 Å². The van der Waals surface area contributed by atoms with Gasteiger partial charge < -0.3 is 4.90 Å². The molecule has 0 bridgehead atoms. The molecule has 2 aromatic carbocycles. The van der Waals surface area contributed by atoms with E-state index in [1.165, 1.54) is 12.1 Å². The fraction of sp³-hybridized carbons (Fsp3) is 0.188. The fourth-order valence-electron chi connectivity index (χ4n) is 2.70. The van der Waals surface area contributed by atoms with Gasteiger partial charge in [-0.1, -0.05) is 0 Å². The summed E-state index contributed by atoms with van der Waals surface area (Å²) in [5.41, 5.74) is -0.0426. The lowest BCUT2D eigenvalue weighted by atomic mass is 10.2. The number of amides is 1. The van der Waals surface area contributed by atoms with Crippen molar-refractivity contribution in [3.63, 3.8) is 0 Å². The van der Waals surface area contributed by atoms with Crippen LogP contribution in [0.3, 0.4) is 0 Å². The Labute approximate surface area is 148 Å². The highest BCUT2D eigenvalue weighted by atomic mass is 32.2. The topological polar surface area (TPSA) is 110 Å². The van der Waals surface area contributed by atoms with Gasteiger partial charge in [-0.2, -0.15) is 0 Å². The number of nitro groups is 1. The van der Waals surface area contributed by atoms with Gasteiger partial charge in [0.2, 0.25) is 5.91 Å². The number of rotatable bonds is 5. The predicted octanol–water partition coefficient (Wildman–Crippen LogP) is 2.66. The SMILES string of the molecule is O=C1CCCN1c1ccc(NS(=O)(=O)c2ccc(F)cc2[N+](=O)[O-])cc1. The Bertz CT molecular complexity index is 976. The number of anilines is 2. The number of carbonyl (C=O) groups excluding carboxylic acids is 1. The van der Waals surface area contributed by atoms with Gasteiger partial charge in [0.15, 0.2) is 4.90 Å². The minimum atomic E-state index is -4.29. The first-order chi connectivity index (χ1) is 12.3. The summed E-state index contributed by atoms with van der Waals surface area (Å²) in [4.78, 5) is 22.7. The van der Waals surface area contributed by atoms with Gasteiger partial charge in [0.1, 0.15) is 5.82 Å². The monoisotopic (exact) mass is 379 g/mol. The van der Waals surface area contributed by atoms with Crippen LogP contribution in [0.5, 0.6) is 0 Å². The summed E-state index contributed by atoms with van der Waals surface area (Å²) in [6.07, 6.45) is 1.24. The maximum atomic E-state index is 13.2. The minimum absolute atomic E-state index is 0.000248. The lowest BCUT2D eigenvalue weighted by Gasteiger charge is -2.16. The van der Waals surface area contributed by atoms with Crippen LogP contribution in [0.4, 0.5) is 21.5 Å². The summed E-state index contributed by atoms with van der Waals surface area (Å²) in [6.45, 7) is 0.603. The Hall–Kier alpha value is -3.01. The van der Waals surface area contributed by atoms with E-state index in [9.17, 15) is 27.7 Å². The molecular formula is C16H14FN3O5S. The average Bonchev–Trinajstić information content (AvgIpc) is 3.01. The zero-order valence-corrected chi connectivity index (χ0v) is 14.2. The van der Waals surface area contributed by atoms with Gasteiger partial charge >= 0.3 is 0 Å². The Morgan fingerprint density at radius 3 is 2.42 bits per heavy atom. The van der Waals surface area contributed by atoms with Crippen molar-refractivity contribution in [2.75, 3.05) is 16.2 Å². The number of hydrogen-bond donors (Lipinski definition) is 1. The van der Waals surface area contributed by atoms with Crippen molar-refractivity contribution < 1.29 is 22.5 Å². The van der Waals surface area contributed by atoms with Crippen molar-refractivity contribution in [2.45, 2.75) is 17.7 Å². The second-order valence-corrected chi connectivity index (χ2v) is 7.32. The first kappa shape index (κ1) is 17.8. The molecule has 1 N–H and O–H groups in total. The molecule has 3 rings (SSSR count). The molecule has 0 aromatic heterocycles. The Morgan fingerprint density at radius 1 is 1.15 bits per heavy atom. The molecule has 1 heterocycles. The normalized spacial score (nSPS) is 14.5. The number of sulfonamides is 1. The Balaban J connectivity index is 1.86. The van der Waals surface area contributed by atoms with Crippen LogP contribution in [0, 0.1) is 15.9 Å². The summed E-state index contributed by atoms with van der Waals surface area (Å²) < 4.78 is 40.3. The first-order valence-electron chi connectivity index (χ1n) is 7.65. The summed E-state index contributed by atoms with van der Waals surface area (Å²) in [6, 6.07) is 8.30. The molecule has 1 fully saturated rings. The van der Waals surface area contributed by atoms with E-state index >= 15 is 0 Å². The highest BCUT2D eigenvalue weighted by Gasteiger charge is 2.27. The summed E-state index contributed by atoms with van der Waals surface area (Å²) in [5, 5.41) is 11.0. The van der Waals surface area contributed by atoms with E-state index in [-0.39, 0.29) is 11.6 Å². The Kier molecular flexibility index (Phi) is 4.60. The zero-order chi connectivity index (χ0) is 18.9. The first-order valence-corrected chi connectivity index (χ1v) is 9.13. The van der Waals surface area contributed by atoms with Crippen LogP contribution in [0.2, 0.25) is 0 Å². The van der Waals surface area contributed by atoms with Gasteiger partial charge in [-0.05, 0) is 42.8 Å². The maximum absolute atomic E-state index is 13.2. The quantitative estimate of drug-likeness (QED) is 0.634. The van der Waals surface area contributed by atoms with Gasteiger partial charge in [0.25, 0.3) is 15.7 Å². The number of nitrogens with zero attached hydrogens (tertiary/aromatic N) is 2. The third-order valence-corrected chi connectivity index (χ3v) is 5.34. The second kappa shape index (κ2) is 6.71. The largest absolute Gasteiger partial charge is 0.312 e. The highest BCUT2D eigenvalue weighted by Crippen LogP contribution is 2.28. The summed E-state index contributed by atoms with van der Waals surface area (Å²) in [5.74, 6) is -0.907. The van der Waals surface area contributed by atoms with Crippen LogP contribution >= 0.6 is 0 Å². The van der Waals surface area contributed by atoms with Crippen molar-refractivity contribution in [2.24, 2.45) is 0 Å². The lowest BCUT2D eigenvalue weighted by Crippen LogP contribution is -2.23. The number of carbonyl (C=O) groups is 1. The molecule has 0 atom stereocenters. The Morgan fingerprint density at radius 2 is 1.85 bits per heavy atom. The molecule has 8 nitrogen and oxygen atoms in total. The third-order valence-electron chi connectivity index (χ3n) is 3.91. The van der Waals surface area contributed by atoms with E-state index in [1.807, 2.05) is 0 Å². The molecule has 0 aliphatic carbocycles. The van der Waals surface area contributed by atoms with Crippen molar-refractivity contribution in [3.05, 3.63) is 58.4 Å². The van der Waals surface area contributed by atoms with E-state index in [0.717, 1.165) is 18.6 Å². The number of nitrogens with one attached hydrogen (secondary N) is 1. The molecule has 0 spiro atoms. The lowest BCUT2D eigenvalue weighted by molar-refractivity contribution is -0.388. The molecular weight excluding hydrogens is 365 g/mol. The second-order valence-electron chi connectivity index (χ2n) is 5.67. The van der Waals surface area contributed by atoms with Crippen LogP contribution in [-0.2, 0) is 14.8 Å². The predicted molar refractivity (Wildman–Crippen MR) is 91.9 cm³/mol. The molecule has 2 aromatic rings. The van der Waals surface area contributed by atoms with Gasteiger partial charge in [0.05, 0.1) is 11.0 Å². The van der Waals surface area contributed by atoms with E-state index in [4.69, 9.17) is 0 Å². The molecule has 0 radical (unpaired) electrons. The number of nitro benzene ring substituents is 1. The minimum Gasteiger partial charge on any atom is -0.312 e. The standard InChI is InChI=1S/C16H14FN3O5S/c17-11-3-8-15(14(10-11)20(22)23)26(24,25)18-12-4-6-13(7-5-12)19-9-1-2-16(19)21/h3-8,10,18H,1-2,9H2. The molecule has 0 unspecified atom stereocenters. The molecule has 1 saturated heterocycles. The molecule has 1 aliphatic heterocycles. The van der Waals surface area contributed by atoms with Gasteiger partial charge in [-0.15, -0.1) is 0 Å². The maximum Gasteiger partial charge on any atom is 0.292 e. The van der Waals surface area contributed by atoms with Crippen LogP contribution in [0.1, 0.15) is 12.8 Å². The van der Waals surface area contributed by atoms with Crippen molar-refractivity contribution in [1.82, 2.24) is 0 Å². The molecule has 1 amide bonds. The van der Waals surface area contributed by atoms with E-state index in [1.54, 1.807) is 17.0 Å². The zero-order valence-electron chi connectivity index (χ0n) is 13.4. The number of halogens is 1. The molecule has 1 aliphatic rings. The smallest absolute Gasteiger partial charge is 0.292 e. The van der Waals surface area contributed by atoms with Gasteiger partial charge in [-0.25, -0.2) is 12.8 Å². The molecule has 26 heavy (non-hydrogen) atoms. The van der Waals surface area contributed by atoms with Crippen LogP contribution < -0.4 is 9.62 Å². The third kappa shape index (κ3) is 3.49. The molecule has 136 valence electrons. The number of hydrogen-bond acceptors (Lipinski definition) is 5. The van der Waals surface area contributed by atoms with Crippen LogP contribution in [0.25, 0.3) is 0 Å². The van der Waals surface area contributed by atoms with Crippen LogP contribution in [0.15, 0.2) is 47.4 Å². The van der Waals surface area contributed by atoms with Crippen molar-refractivity contribution >= 4 is 33.0 Å². The fourth-order valence-corrected chi connectivity index (χ4v) is 3.91. The van der Waals surface area contributed by atoms with E-state index < -0.39 is 31.3 Å². The van der Waals surface area contributed by atoms with Crippen molar-refractivity contribution in [1.29, 1.82) is 0 Å². The van der Waals surface area contributed by atoms with Gasteiger partial charge in [-0.3, -0.25) is 19.6 Å². The van der Waals surface area contributed by atoms with E-state index in [0.29, 0.717) is 24.7 Å². The molecule has 0 saturated carbocycles. The summed E-state index contributed by atoms with van der Waals surface area (Å²) >= 11 is 0. The van der Waals surface area contributed by atoms with Crippen LogP contribution in [-0.4, -0.2) is 25.8 Å². The number of benzene rings is 2.